The van der Waals surface area contributed by atoms with Crippen LogP contribution in [0.5, 0.6) is 5.75 Å². The highest BCUT2D eigenvalue weighted by Gasteiger charge is 2.38. The molecular formula is C27H26FN5O4. The molecule has 3 N–H and O–H groups in total. The number of fused-ring (bicyclic) bond motifs is 2. The first-order valence-corrected chi connectivity index (χ1v) is 12.1. The Labute approximate surface area is 212 Å². The monoisotopic (exact) mass is 503 g/mol. The number of aromatic nitrogens is 1. The van der Waals surface area contributed by atoms with Gasteiger partial charge in [-0.15, -0.1) is 0 Å². The number of amides is 3. The van der Waals surface area contributed by atoms with Crippen LogP contribution in [0.3, 0.4) is 0 Å². The van der Waals surface area contributed by atoms with E-state index in [1.54, 1.807) is 25.3 Å². The number of benzene rings is 2. The summed E-state index contributed by atoms with van der Waals surface area (Å²) in [5, 5.41) is 15.9. The van der Waals surface area contributed by atoms with Crippen molar-refractivity contribution in [3.05, 3.63) is 65.1 Å². The van der Waals surface area contributed by atoms with Gasteiger partial charge in [0.2, 0.25) is 11.8 Å². The minimum absolute atomic E-state index is 0.140. The Morgan fingerprint density at radius 2 is 2.14 bits per heavy atom. The maximum Gasteiger partial charge on any atom is 0.271 e. The SMILES string of the molecule is COc1cccc2[nH]c(C(=O)N3CCc4cc(F)ccc4C3C(=O)N[C@H](C#N)C[C@@H]3CCNC3=O)cc12. The molecule has 37 heavy (non-hydrogen) atoms. The fourth-order valence-electron chi connectivity index (χ4n) is 5.22. The highest BCUT2D eigenvalue weighted by molar-refractivity contribution is 6.02. The van der Waals surface area contributed by atoms with Gasteiger partial charge in [-0.1, -0.05) is 12.1 Å². The molecule has 2 aromatic carbocycles. The van der Waals surface area contributed by atoms with Gasteiger partial charge < -0.3 is 25.3 Å². The summed E-state index contributed by atoms with van der Waals surface area (Å²) in [4.78, 5) is 43.9. The van der Waals surface area contributed by atoms with Crippen molar-refractivity contribution in [2.24, 2.45) is 5.92 Å². The van der Waals surface area contributed by atoms with E-state index in [1.165, 1.54) is 23.1 Å². The summed E-state index contributed by atoms with van der Waals surface area (Å²) in [5.41, 5.74) is 2.12. The van der Waals surface area contributed by atoms with Gasteiger partial charge in [0, 0.05) is 29.9 Å². The molecule has 0 aliphatic carbocycles. The van der Waals surface area contributed by atoms with E-state index in [4.69, 9.17) is 4.74 Å². The number of methoxy groups -OCH3 is 1. The van der Waals surface area contributed by atoms with E-state index in [-0.39, 0.29) is 30.5 Å². The Kier molecular flexibility index (Phi) is 6.53. The van der Waals surface area contributed by atoms with Crippen LogP contribution in [0, 0.1) is 23.1 Å². The molecule has 0 radical (unpaired) electrons. The topological polar surface area (TPSA) is 127 Å². The summed E-state index contributed by atoms with van der Waals surface area (Å²) >= 11 is 0. The van der Waals surface area contributed by atoms with E-state index in [2.05, 4.69) is 21.7 Å². The van der Waals surface area contributed by atoms with Crippen LogP contribution in [0.15, 0.2) is 42.5 Å². The first kappa shape index (κ1) is 24.3. The molecule has 3 heterocycles. The number of hydrogen-bond donors (Lipinski definition) is 3. The third-order valence-corrected chi connectivity index (χ3v) is 7.07. The number of nitriles is 1. The summed E-state index contributed by atoms with van der Waals surface area (Å²) in [6, 6.07) is 11.3. The van der Waals surface area contributed by atoms with Crippen molar-refractivity contribution in [1.82, 2.24) is 20.5 Å². The molecule has 10 heteroatoms. The van der Waals surface area contributed by atoms with Crippen LogP contribution < -0.4 is 15.4 Å². The number of rotatable bonds is 6. The lowest BCUT2D eigenvalue weighted by molar-refractivity contribution is -0.127. The predicted octanol–water partition coefficient (Wildman–Crippen LogP) is 2.59. The number of ether oxygens (including phenoxy) is 1. The van der Waals surface area contributed by atoms with E-state index in [9.17, 15) is 24.0 Å². The van der Waals surface area contributed by atoms with Crippen LogP contribution in [0.4, 0.5) is 4.39 Å². The van der Waals surface area contributed by atoms with Gasteiger partial charge in [0.1, 0.15) is 29.3 Å². The fourth-order valence-corrected chi connectivity index (χ4v) is 5.22. The first-order chi connectivity index (χ1) is 17.9. The van der Waals surface area contributed by atoms with Crippen LogP contribution in [-0.2, 0) is 16.0 Å². The van der Waals surface area contributed by atoms with Crippen molar-refractivity contribution < 1.29 is 23.5 Å². The van der Waals surface area contributed by atoms with E-state index in [0.29, 0.717) is 41.8 Å². The minimum Gasteiger partial charge on any atom is -0.496 e. The van der Waals surface area contributed by atoms with Gasteiger partial charge >= 0.3 is 0 Å². The molecule has 3 amide bonds. The van der Waals surface area contributed by atoms with E-state index < -0.39 is 29.7 Å². The Hall–Kier alpha value is -4.39. The van der Waals surface area contributed by atoms with Gasteiger partial charge in [0.05, 0.1) is 13.2 Å². The van der Waals surface area contributed by atoms with Crippen molar-refractivity contribution in [2.75, 3.05) is 20.2 Å². The molecule has 0 spiro atoms. The average Bonchev–Trinajstić information content (AvgIpc) is 3.52. The number of aromatic amines is 1. The third kappa shape index (κ3) is 4.60. The smallest absolute Gasteiger partial charge is 0.271 e. The quantitative estimate of drug-likeness (QED) is 0.477. The summed E-state index contributed by atoms with van der Waals surface area (Å²) in [6.45, 7) is 0.719. The van der Waals surface area contributed by atoms with Gasteiger partial charge in [-0.05, 0) is 60.7 Å². The van der Waals surface area contributed by atoms with Gasteiger partial charge in [0.25, 0.3) is 5.91 Å². The minimum atomic E-state index is -1.07. The number of carbonyl (C=O) groups is 3. The van der Waals surface area contributed by atoms with Crippen molar-refractivity contribution in [2.45, 2.75) is 31.3 Å². The largest absolute Gasteiger partial charge is 0.496 e. The van der Waals surface area contributed by atoms with Crippen molar-refractivity contribution in [1.29, 1.82) is 5.26 Å². The number of carbonyl (C=O) groups excluding carboxylic acids is 3. The standard InChI is InChI=1S/C27H26FN5O4/c1-37-23-4-2-3-21-20(23)13-22(32-21)27(36)33-10-8-15-11-17(28)5-6-19(15)24(33)26(35)31-18(14-29)12-16-7-9-30-25(16)34/h2-6,11,13,16,18,24,32H,7-10,12H2,1H3,(H,30,34)(H,31,35)/t16-,18-,24?/m0/s1. The Bertz CT molecular complexity index is 1430. The lowest BCUT2D eigenvalue weighted by Gasteiger charge is -2.36. The Morgan fingerprint density at radius 1 is 1.30 bits per heavy atom. The van der Waals surface area contributed by atoms with Crippen molar-refractivity contribution >= 4 is 28.6 Å². The molecule has 2 aliphatic rings. The Balaban J connectivity index is 1.46. The number of halogens is 1. The zero-order chi connectivity index (χ0) is 26.1. The van der Waals surface area contributed by atoms with E-state index in [1.807, 2.05) is 6.07 Å². The molecule has 2 aliphatic heterocycles. The zero-order valence-corrected chi connectivity index (χ0v) is 20.2. The maximum atomic E-state index is 14.0. The molecule has 5 rings (SSSR count). The molecule has 190 valence electrons. The lowest BCUT2D eigenvalue weighted by atomic mass is 9.91. The van der Waals surface area contributed by atoms with E-state index in [0.717, 1.165) is 5.39 Å². The van der Waals surface area contributed by atoms with Crippen molar-refractivity contribution in [3.63, 3.8) is 0 Å². The Morgan fingerprint density at radius 3 is 2.86 bits per heavy atom. The van der Waals surface area contributed by atoms with Gasteiger partial charge in [0.15, 0.2) is 0 Å². The number of nitrogens with one attached hydrogen (secondary N) is 3. The summed E-state index contributed by atoms with van der Waals surface area (Å²) < 4.78 is 19.4. The third-order valence-electron chi connectivity index (χ3n) is 7.07. The summed E-state index contributed by atoms with van der Waals surface area (Å²) in [7, 11) is 1.55. The van der Waals surface area contributed by atoms with E-state index >= 15 is 0 Å². The van der Waals surface area contributed by atoms with Crippen LogP contribution in [0.25, 0.3) is 10.9 Å². The van der Waals surface area contributed by atoms with Gasteiger partial charge in [-0.3, -0.25) is 14.4 Å². The van der Waals surface area contributed by atoms with Crippen LogP contribution in [-0.4, -0.2) is 53.8 Å². The second-order valence-electron chi connectivity index (χ2n) is 9.30. The first-order valence-electron chi connectivity index (χ1n) is 12.1. The highest BCUT2D eigenvalue weighted by atomic mass is 19.1. The lowest BCUT2D eigenvalue weighted by Crippen LogP contribution is -2.49. The summed E-state index contributed by atoms with van der Waals surface area (Å²) in [5.74, 6) is -1.29. The molecule has 1 saturated heterocycles. The second kappa shape index (κ2) is 9.93. The average molecular weight is 504 g/mol. The second-order valence-corrected chi connectivity index (χ2v) is 9.30. The fraction of sp³-hybridized carbons (Fsp3) is 0.333. The maximum absolute atomic E-state index is 14.0. The molecule has 3 atom stereocenters. The van der Waals surface area contributed by atoms with Crippen molar-refractivity contribution in [3.8, 4) is 11.8 Å². The normalized spacial score (nSPS) is 19.6. The summed E-state index contributed by atoms with van der Waals surface area (Å²) in [6.07, 6.45) is 1.13. The number of H-pyrrole nitrogens is 1. The molecule has 0 saturated carbocycles. The molecular weight excluding hydrogens is 477 g/mol. The molecule has 1 aromatic heterocycles. The van der Waals surface area contributed by atoms with Crippen LogP contribution in [0.2, 0.25) is 0 Å². The number of nitrogens with zero attached hydrogens (tertiary/aromatic N) is 2. The zero-order valence-electron chi connectivity index (χ0n) is 20.2. The van der Waals surface area contributed by atoms with Gasteiger partial charge in [-0.25, -0.2) is 4.39 Å². The predicted molar refractivity (Wildman–Crippen MR) is 132 cm³/mol. The van der Waals surface area contributed by atoms with Crippen LogP contribution >= 0.6 is 0 Å². The molecule has 9 nitrogen and oxygen atoms in total. The highest BCUT2D eigenvalue weighted by Crippen LogP contribution is 2.33. The van der Waals surface area contributed by atoms with Gasteiger partial charge in [-0.2, -0.15) is 5.26 Å². The molecule has 3 aromatic rings. The van der Waals surface area contributed by atoms with Crippen LogP contribution in [0.1, 0.15) is 40.5 Å². The molecule has 1 fully saturated rings. The molecule has 1 unspecified atom stereocenters. The molecule has 0 bridgehead atoms. The number of hydrogen-bond acceptors (Lipinski definition) is 5.